The summed E-state index contributed by atoms with van der Waals surface area (Å²) in [5, 5.41) is 10.0. The third-order valence-corrected chi connectivity index (χ3v) is 3.87. The Balaban J connectivity index is 2.16. The molecule has 0 aromatic carbocycles. The molecule has 1 aromatic rings. The van der Waals surface area contributed by atoms with Gasteiger partial charge in [-0.2, -0.15) is 4.37 Å². The lowest BCUT2D eigenvalue weighted by molar-refractivity contribution is -0.148. The molecule has 1 unspecified atom stereocenters. The number of carboxylic acids is 1. The van der Waals surface area contributed by atoms with Crippen molar-refractivity contribution in [2.75, 3.05) is 18.0 Å². The largest absolute Gasteiger partial charge is 0.481 e. The van der Waals surface area contributed by atoms with Crippen LogP contribution in [-0.2, 0) is 4.79 Å². The van der Waals surface area contributed by atoms with Gasteiger partial charge in [-0.15, -0.1) is 0 Å². The van der Waals surface area contributed by atoms with E-state index in [-0.39, 0.29) is 0 Å². The van der Waals surface area contributed by atoms with Crippen LogP contribution >= 0.6 is 11.5 Å². The first kappa shape index (κ1) is 11.3. The predicted molar refractivity (Wildman–Crippen MR) is 61.8 cm³/mol. The van der Waals surface area contributed by atoms with Gasteiger partial charge in [0, 0.05) is 24.6 Å². The maximum Gasteiger partial charge on any atom is 0.311 e. The summed E-state index contributed by atoms with van der Waals surface area (Å²) in [5.41, 5.74) is -0.655. The zero-order valence-corrected chi connectivity index (χ0v) is 10.3. The van der Waals surface area contributed by atoms with Gasteiger partial charge in [0.25, 0.3) is 0 Å². The monoisotopic (exact) mass is 241 g/mol. The summed E-state index contributed by atoms with van der Waals surface area (Å²) < 4.78 is 4.13. The number of anilines is 1. The highest BCUT2D eigenvalue weighted by Crippen LogP contribution is 2.32. The fourth-order valence-electron chi connectivity index (χ4n) is 1.99. The second kappa shape index (κ2) is 4.01. The summed E-state index contributed by atoms with van der Waals surface area (Å²) in [6.07, 6.45) is 1.62. The van der Waals surface area contributed by atoms with E-state index in [9.17, 15) is 9.90 Å². The summed E-state index contributed by atoms with van der Waals surface area (Å²) in [5.74, 6) is 0.0287. The highest BCUT2D eigenvalue weighted by Gasteiger charge is 2.38. The quantitative estimate of drug-likeness (QED) is 0.850. The molecule has 0 aliphatic carbocycles. The van der Waals surface area contributed by atoms with Crippen LogP contribution in [0.5, 0.6) is 0 Å². The molecule has 1 aliphatic rings. The minimum Gasteiger partial charge on any atom is -0.481 e. The maximum atomic E-state index is 11.2. The van der Waals surface area contributed by atoms with Gasteiger partial charge in [-0.05, 0) is 26.7 Å². The smallest absolute Gasteiger partial charge is 0.311 e. The van der Waals surface area contributed by atoms with E-state index in [1.807, 2.05) is 11.8 Å². The zero-order valence-electron chi connectivity index (χ0n) is 9.43. The Bertz CT molecular complexity index is 407. The number of aromatic nitrogens is 2. The number of carbonyl (C=O) groups is 1. The van der Waals surface area contributed by atoms with Crippen molar-refractivity contribution in [3.63, 3.8) is 0 Å². The molecule has 0 bridgehead atoms. The second-order valence-electron chi connectivity index (χ2n) is 4.52. The number of hydrogen-bond acceptors (Lipinski definition) is 5. The Morgan fingerprint density at radius 1 is 1.62 bits per heavy atom. The van der Waals surface area contributed by atoms with Crippen molar-refractivity contribution < 1.29 is 9.90 Å². The van der Waals surface area contributed by atoms with Gasteiger partial charge in [0.1, 0.15) is 5.82 Å². The lowest BCUT2D eigenvalue weighted by Gasteiger charge is -2.37. The minimum absolute atomic E-state index is 0.525. The number of rotatable bonds is 2. The van der Waals surface area contributed by atoms with Crippen LogP contribution in [-0.4, -0.2) is 33.5 Å². The van der Waals surface area contributed by atoms with Crippen LogP contribution < -0.4 is 4.90 Å². The first-order valence-corrected chi connectivity index (χ1v) is 6.07. The molecule has 6 heteroatoms. The van der Waals surface area contributed by atoms with E-state index in [2.05, 4.69) is 9.36 Å². The zero-order chi connectivity index (χ0) is 11.8. The van der Waals surface area contributed by atoms with E-state index in [4.69, 9.17) is 0 Å². The molecule has 1 aliphatic heterocycles. The Kier molecular flexibility index (Phi) is 2.84. The van der Waals surface area contributed by atoms with Crippen molar-refractivity contribution in [1.82, 2.24) is 9.36 Å². The Labute approximate surface area is 98.3 Å². The molecule has 1 atom stereocenters. The van der Waals surface area contributed by atoms with Gasteiger partial charge in [0.15, 0.2) is 0 Å². The van der Waals surface area contributed by atoms with E-state index in [0.29, 0.717) is 6.54 Å². The number of hydrogen-bond donors (Lipinski definition) is 1. The van der Waals surface area contributed by atoms with Gasteiger partial charge in [-0.25, -0.2) is 4.98 Å². The lowest BCUT2D eigenvalue weighted by Crippen LogP contribution is -2.46. The van der Waals surface area contributed by atoms with Crippen LogP contribution in [0.3, 0.4) is 0 Å². The third kappa shape index (κ3) is 2.02. The van der Waals surface area contributed by atoms with Crippen LogP contribution in [0.15, 0.2) is 0 Å². The molecule has 16 heavy (non-hydrogen) atoms. The van der Waals surface area contributed by atoms with E-state index in [1.165, 1.54) is 11.5 Å². The molecule has 2 rings (SSSR count). The Morgan fingerprint density at radius 3 is 2.94 bits per heavy atom. The summed E-state index contributed by atoms with van der Waals surface area (Å²) in [4.78, 5) is 17.5. The molecule has 0 radical (unpaired) electrons. The summed E-state index contributed by atoms with van der Waals surface area (Å²) in [6.45, 7) is 5.05. The summed E-state index contributed by atoms with van der Waals surface area (Å²) in [6, 6.07) is 0. The number of aryl methyl sites for hydroxylation is 1. The van der Waals surface area contributed by atoms with E-state index < -0.39 is 11.4 Å². The molecule has 5 nitrogen and oxygen atoms in total. The molecular formula is C10H15N3O2S. The number of nitrogens with zero attached hydrogens (tertiary/aromatic N) is 3. The van der Waals surface area contributed by atoms with Crippen molar-refractivity contribution in [1.29, 1.82) is 0 Å². The Hall–Kier alpha value is -1.17. The SMILES string of the molecule is Cc1nsc(N2CCCC(C)(C(=O)O)C2)n1. The molecule has 1 aromatic heterocycles. The molecular weight excluding hydrogens is 226 g/mol. The van der Waals surface area contributed by atoms with Gasteiger partial charge in [0.2, 0.25) is 5.13 Å². The van der Waals surface area contributed by atoms with Crippen molar-refractivity contribution in [2.45, 2.75) is 26.7 Å². The van der Waals surface area contributed by atoms with Gasteiger partial charge in [-0.3, -0.25) is 4.79 Å². The fraction of sp³-hybridized carbons (Fsp3) is 0.700. The second-order valence-corrected chi connectivity index (χ2v) is 5.25. The molecule has 1 fully saturated rings. The first-order chi connectivity index (χ1) is 7.51. The molecule has 88 valence electrons. The van der Waals surface area contributed by atoms with Gasteiger partial charge in [-0.1, -0.05) is 0 Å². The van der Waals surface area contributed by atoms with Gasteiger partial charge >= 0.3 is 5.97 Å². The number of piperidine rings is 1. The van der Waals surface area contributed by atoms with Gasteiger partial charge < -0.3 is 10.0 Å². The molecule has 0 spiro atoms. The highest BCUT2D eigenvalue weighted by atomic mass is 32.1. The van der Waals surface area contributed by atoms with Crippen LogP contribution in [0.2, 0.25) is 0 Å². The third-order valence-electron chi connectivity index (χ3n) is 3.00. The van der Waals surface area contributed by atoms with Crippen LogP contribution in [0.25, 0.3) is 0 Å². The van der Waals surface area contributed by atoms with Crippen LogP contribution in [0, 0.1) is 12.3 Å². The predicted octanol–water partition coefficient (Wildman–Crippen LogP) is 1.54. The normalized spacial score (nSPS) is 25.8. The maximum absolute atomic E-state index is 11.2. The number of carboxylic acid groups (broad SMARTS) is 1. The average Bonchev–Trinajstić information content (AvgIpc) is 2.65. The van der Waals surface area contributed by atoms with Crippen LogP contribution in [0.4, 0.5) is 5.13 Å². The van der Waals surface area contributed by atoms with Crippen molar-refractivity contribution in [3.8, 4) is 0 Å². The van der Waals surface area contributed by atoms with E-state index in [0.717, 1.165) is 30.3 Å². The molecule has 1 saturated heterocycles. The van der Waals surface area contributed by atoms with E-state index >= 15 is 0 Å². The first-order valence-electron chi connectivity index (χ1n) is 5.30. The van der Waals surface area contributed by atoms with Crippen LogP contribution in [0.1, 0.15) is 25.6 Å². The Morgan fingerprint density at radius 2 is 2.38 bits per heavy atom. The molecule has 1 N–H and O–H groups in total. The molecule has 0 amide bonds. The molecule has 2 heterocycles. The van der Waals surface area contributed by atoms with Crippen molar-refractivity contribution in [2.24, 2.45) is 5.41 Å². The fourth-order valence-corrected chi connectivity index (χ4v) is 2.69. The molecule has 0 saturated carbocycles. The summed E-state index contributed by atoms with van der Waals surface area (Å²) >= 11 is 1.34. The average molecular weight is 241 g/mol. The standard InChI is InChI=1S/C10H15N3O2S/c1-7-11-9(16-12-7)13-5-3-4-10(2,6-13)8(14)15/h3-6H2,1-2H3,(H,14,15). The minimum atomic E-state index is -0.724. The number of aliphatic carboxylic acids is 1. The topological polar surface area (TPSA) is 66.3 Å². The summed E-state index contributed by atoms with van der Waals surface area (Å²) in [7, 11) is 0. The highest BCUT2D eigenvalue weighted by molar-refractivity contribution is 7.09. The lowest BCUT2D eigenvalue weighted by atomic mass is 9.82. The van der Waals surface area contributed by atoms with Crippen molar-refractivity contribution >= 4 is 22.6 Å². The van der Waals surface area contributed by atoms with Gasteiger partial charge in [0.05, 0.1) is 5.41 Å². The van der Waals surface area contributed by atoms with E-state index in [1.54, 1.807) is 6.92 Å². The van der Waals surface area contributed by atoms with Crippen molar-refractivity contribution in [3.05, 3.63) is 5.82 Å².